The van der Waals surface area contributed by atoms with Gasteiger partial charge in [-0.15, -0.1) is 0 Å². The van der Waals surface area contributed by atoms with Crippen LogP contribution in [0.1, 0.15) is 18.2 Å². The molecule has 3 rings (SSSR count). The van der Waals surface area contributed by atoms with Gasteiger partial charge in [0.2, 0.25) is 0 Å². The Morgan fingerprint density at radius 2 is 2.20 bits per heavy atom. The average molecular weight is 359 g/mol. The molecule has 2 heterocycles. The van der Waals surface area contributed by atoms with E-state index in [0.29, 0.717) is 17.8 Å². The molecule has 20 heavy (non-hydrogen) atoms. The van der Waals surface area contributed by atoms with Crippen LogP contribution >= 0.6 is 15.9 Å². The summed E-state index contributed by atoms with van der Waals surface area (Å²) in [5, 5.41) is 13.6. The molecule has 2 aromatic rings. The van der Waals surface area contributed by atoms with Crippen LogP contribution in [-0.2, 0) is 9.84 Å². The molecule has 1 N–H and O–H groups in total. The van der Waals surface area contributed by atoms with Gasteiger partial charge >= 0.3 is 0 Å². The Balaban J connectivity index is 1.93. The van der Waals surface area contributed by atoms with E-state index in [2.05, 4.69) is 26.1 Å². The summed E-state index contributed by atoms with van der Waals surface area (Å²) >= 11 is 3.30. The number of hydrogen-bond acceptors (Lipinski definition) is 6. The van der Waals surface area contributed by atoms with Gasteiger partial charge in [0.15, 0.2) is 15.7 Å². The number of phenols is 1. The van der Waals surface area contributed by atoms with E-state index in [1.807, 2.05) is 0 Å². The fourth-order valence-corrected chi connectivity index (χ4v) is 4.29. The molecule has 0 radical (unpaired) electrons. The van der Waals surface area contributed by atoms with E-state index in [1.165, 1.54) is 6.07 Å². The van der Waals surface area contributed by atoms with E-state index >= 15 is 0 Å². The summed E-state index contributed by atoms with van der Waals surface area (Å²) in [5.74, 6) is 0.568. The zero-order valence-corrected chi connectivity index (χ0v) is 12.7. The Labute approximate surface area is 123 Å². The van der Waals surface area contributed by atoms with E-state index in [0.717, 1.165) is 4.47 Å². The van der Waals surface area contributed by atoms with Crippen molar-refractivity contribution in [1.29, 1.82) is 0 Å². The second-order valence-corrected chi connectivity index (χ2v) is 7.86. The number of hydrogen-bond donors (Lipinski definition) is 1. The number of sulfone groups is 1. The first-order chi connectivity index (χ1) is 9.44. The first-order valence-corrected chi connectivity index (χ1v) is 8.59. The minimum absolute atomic E-state index is 0.0300. The number of halogens is 1. The summed E-state index contributed by atoms with van der Waals surface area (Å²) < 4.78 is 28.8. The van der Waals surface area contributed by atoms with Crippen LogP contribution in [-0.4, -0.2) is 35.2 Å². The van der Waals surface area contributed by atoms with E-state index in [9.17, 15) is 13.5 Å². The Hall–Kier alpha value is -1.41. The third-order valence-corrected chi connectivity index (χ3v) is 5.49. The molecule has 1 aliphatic rings. The summed E-state index contributed by atoms with van der Waals surface area (Å²) in [5.41, 5.74) is 0.416. The van der Waals surface area contributed by atoms with Gasteiger partial charge in [-0.25, -0.2) is 8.42 Å². The van der Waals surface area contributed by atoms with Crippen molar-refractivity contribution < 1.29 is 18.0 Å². The molecule has 0 spiro atoms. The molecule has 1 atom stereocenters. The number of aromatic hydroxyl groups is 1. The van der Waals surface area contributed by atoms with Gasteiger partial charge in [0.05, 0.1) is 17.1 Å². The molecule has 6 nitrogen and oxygen atoms in total. The predicted molar refractivity (Wildman–Crippen MR) is 75.1 cm³/mol. The van der Waals surface area contributed by atoms with Crippen molar-refractivity contribution in [3.63, 3.8) is 0 Å². The normalized spacial score (nSPS) is 21.1. The molecule has 1 aromatic carbocycles. The molecule has 0 saturated carbocycles. The first kappa shape index (κ1) is 13.6. The Morgan fingerprint density at radius 3 is 2.90 bits per heavy atom. The fraction of sp³-hybridized carbons (Fsp3) is 0.333. The van der Waals surface area contributed by atoms with Crippen LogP contribution in [0.15, 0.2) is 27.2 Å². The molecule has 1 aromatic heterocycles. The highest BCUT2D eigenvalue weighted by atomic mass is 79.9. The van der Waals surface area contributed by atoms with Crippen molar-refractivity contribution in [2.24, 2.45) is 0 Å². The zero-order valence-electron chi connectivity index (χ0n) is 10.3. The molecule has 8 heteroatoms. The van der Waals surface area contributed by atoms with E-state index < -0.39 is 9.84 Å². The van der Waals surface area contributed by atoms with Gasteiger partial charge in [0.1, 0.15) is 5.75 Å². The summed E-state index contributed by atoms with van der Waals surface area (Å²) in [6.07, 6.45) is 0.506. The molecule has 106 valence electrons. The van der Waals surface area contributed by atoms with Crippen LogP contribution in [0.3, 0.4) is 0 Å². The standard InChI is InChI=1S/C12H11BrN2O4S/c13-8-1-2-10(16)9(5-8)12-14-11(15-19-12)7-3-4-20(17,18)6-7/h1-2,5,7,16H,3-4,6H2. The highest BCUT2D eigenvalue weighted by Gasteiger charge is 2.32. The van der Waals surface area contributed by atoms with Crippen LogP contribution in [0.5, 0.6) is 5.75 Å². The van der Waals surface area contributed by atoms with Gasteiger partial charge in [-0.1, -0.05) is 21.1 Å². The minimum atomic E-state index is -2.99. The van der Waals surface area contributed by atoms with Gasteiger partial charge in [-0.3, -0.25) is 0 Å². The summed E-state index contributed by atoms with van der Waals surface area (Å²) in [4.78, 5) is 4.21. The lowest BCUT2D eigenvalue weighted by Gasteiger charge is -2.00. The minimum Gasteiger partial charge on any atom is -0.507 e. The molecular formula is C12H11BrN2O4S. The smallest absolute Gasteiger partial charge is 0.261 e. The van der Waals surface area contributed by atoms with Crippen LogP contribution in [0.4, 0.5) is 0 Å². The van der Waals surface area contributed by atoms with Gasteiger partial charge in [-0.2, -0.15) is 4.98 Å². The molecule has 0 aliphatic carbocycles. The van der Waals surface area contributed by atoms with Crippen molar-refractivity contribution in [3.05, 3.63) is 28.5 Å². The van der Waals surface area contributed by atoms with E-state index in [4.69, 9.17) is 4.52 Å². The summed E-state index contributed by atoms with van der Waals surface area (Å²) in [6.45, 7) is 0. The van der Waals surface area contributed by atoms with Gasteiger partial charge < -0.3 is 9.63 Å². The van der Waals surface area contributed by atoms with Crippen LogP contribution in [0, 0.1) is 0 Å². The number of nitrogens with zero attached hydrogens (tertiary/aromatic N) is 2. The lowest BCUT2D eigenvalue weighted by atomic mass is 10.1. The largest absolute Gasteiger partial charge is 0.507 e. The highest BCUT2D eigenvalue weighted by molar-refractivity contribution is 9.10. The quantitative estimate of drug-likeness (QED) is 0.883. The Kier molecular flexibility index (Phi) is 3.29. The molecule has 0 amide bonds. The lowest BCUT2D eigenvalue weighted by molar-refractivity contribution is 0.413. The highest BCUT2D eigenvalue weighted by Crippen LogP contribution is 2.33. The second kappa shape index (κ2) is 4.85. The molecule has 1 saturated heterocycles. The monoisotopic (exact) mass is 358 g/mol. The maximum Gasteiger partial charge on any atom is 0.261 e. The predicted octanol–water partition coefficient (Wildman–Crippen LogP) is 2.11. The van der Waals surface area contributed by atoms with Crippen molar-refractivity contribution in [3.8, 4) is 17.2 Å². The lowest BCUT2D eigenvalue weighted by Crippen LogP contribution is -2.05. The fourth-order valence-electron chi connectivity index (χ4n) is 2.19. The van der Waals surface area contributed by atoms with Crippen LogP contribution in [0.25, 0.3) is 11.5 Å². The van der Waals surface area contributed by atoms with Crippen molar-refractivity contribution >= 4 is 25.8 Å². The van der Waals surface area contributed by atoms with Crippen molar-refractivity contribution in [1.82, 2.24) is 10.1 Å². The number of benzene rings is 1. The number of aromatic nitrogens is 2. The summed E-state index contributed by atoms with van der Waals surface area (Å²) in [7, 11) is -2.99. The van der Waals surface area contributed by atoms with Crippen molar-refractivity contribution in [2.75, 3.05) is 11.5 Å². The van der Waals surface area contributed by atoms with Crippen LogP contribution < -0.4 is 0 Å². The Morgan fingerprint density at radius 1 is 1.40 bits per heavy atom. The maximum absolute atomic E-state index is 11.5. The molecule has 1 fully saturated rings. The summed E-state index contributed by atoms with van der Waals surface area (Å²) in [6, 6.07) is 4.88. The average Bonchev–Trinajstić information content (AvgIpc) is 2.98. The van der Waals surface area contributed by atoms with Crippen molar-refractivity contribution in [2.45, 2.75) is 12.3 Å². The third-order valence-electron chi connectivity index (χ3n) is 3.23. The maximum atomic E-state index is 11.5. The molecular weight excluding hydrogens is 348 g/mol. The topological polar surface area (TPSA) is 93.3 Å². The second-order valence-electron chi connectivity index (χ2n) is 4.72. The third kappa shape index (κ3) is 2.57. The van der Waals surface area contributed by atoms with Gasteiger partial charge in [-0.05, 0) is 24.6 Å². The first-order valence-electron chi connectivity index (χ1n) is 5.97. The Bertz CT molecular complexity index is 757. The van der Waals surface area contributed by atoms with E-state index in [1.54, 1.807) is 12.1 Å². The number of rotatable bonds is 2. The van der Waals surface area contributed by atoms with Gasteiger partial charge in [0, 0.05) is 10.4 Å². The zero-order chi connectivity index (χ0) is 14.3. The molecule has 0 bridgehead atoms. The number of phenolic OH excluding ortho intramolecular Hbond substituents is 1. The SMILES string of the molecule is O=S1(=O)CCC(c2noc(-c3cc(Br)ccc3O)n2)C1. The van der Waals surface area contributed by atoms with Gasteiger partial charge in [0.25, 0.3) is 5.89 Å². The van der Waals surface area contributed by atoms with E-state index in [-0.39, 0.29) is 29.1 Å². The molecule has 1 aliphatic heterocycles. The molecule has 1 unspecified atom stereocenters. The van der Waals surface area contributed by atoms with Crippen LogP contribution in [0.2, 0.25) is 0 Å².